The Hall–Kier alpha value is -4.95. The number of amides is 3. The zero-order valence-electron chi connectivity index (χ0n) is 25.4. The van der Waals surface area contributed by atoms with E-state index in [-0.39, 0.29) is 13.2 Å². The van der Waals surface area contributed by atoms with E-state index < -0.39 is 29.5 Å². The molecule has 1 atom stereocenters. The van der Waals surface area contributed by atoms with Gasteiger partial charge in [-0.05, 0) is 55.7 Å². The average molecular weight is 629 g/mol. The summed E-state index contributed by atoms with van der Waals surface area (Å²) in [6.07, 6.45) is 3.34. The summed E-state index contributed by atoms with van der Waals surface area (Å²) >= 11 is 0. The molecule has 2 fully saturated rings. The van der Waals surface area contributed by atoms with Crippen LogP contribution in [0.25, 0.3) is 21.9 Å². The summed E-state index contributed by atoms with van der Waals surface area (Å²) in [6, 6.07) is 13.4. The van der Waals surface area contributed by atoms with Crippen LogP contribution in [0.3, 0.4) is 0 Å². The van der Waals surface area contributed by atoms with E-state index in [0.29, 0.717) is 59.2 Å². The molecule has 0 aliphatic carbocycles. The SMILES string of the molecule is O=C(NCn1nnc2ccccc21)C(=O)C1CCCN1C(=O)CNC(=O)c1ccnc2ccc(OCCCN3CCOCC3)cc12. The maximum Gasteiger partial charge on any atom is 0.291 e. The Kier molecular flexibility index (Phi) is 9.74. The minimum Gasteiger partial charge on any atom is -0.494 e. The molecule has 2 N–H and O–H groups in total. The molecule has 0 radical (unpaired) electrons. The number of nitrogens with zero attached hydrogens (tertiary/aromatic N) is 6. The Morgan fingerprint density at radius 1 is 0.978 bits per heavy atom. The third kappa shape index (κ3) is 7.13. The molecular formula is C32H36N8O6. The van der Waals surface area contributed by atoms with Crippen LogP contribution < -0.4 is 15.4 Å². The number of carbonyl (C=O) groups is 4. The topological polar surface area (TPSA) is 161 Å². The average Bonchev–Trinajstić information content (AvgIpc) is 3.75. The van der Waals surface area contributed by atoms with Crippen molar-refractivity contribution in [3.8, 4) is 5.75 Å². The summed E-state index contributed by atoms with van der Waals surface area (Å²) in [5.74, 6) is -1.79. The Balaban J connectivity index is 1.02. The summed E-state index contributed by atoms with van der Waals surface area (Å²) in [4.78, 5) is 60.2. The van der Waals surface area contributed by atoms with Gasteiger partial charge in [0.25, 0.3) is 11.8 Å². The van der Waals surface area contributed by atoms with Crippen molar-refractivity contribution >= 4 is 45.4 Å². The van der Waals surface area contributed by atoms with Crippen LogP contribution in [0.15, 0.2) is 54.7 Å². The van der Waals surface area contributed by atoms with Crippen LogP contribution in [-0.2, 0) is 25.8 Å². The van der Waals surface area contributed by atoms with Crippen molar-refractivity contribution in [2.75, 3.05) is 52.5 Å². The number of ketones is 1. The fourth-order valence-electron chi connectivity index (χ4n) is 5.83. The number of nitrogens with one attached hydrogen (secondary N) is 2. The molecule has 2 aromatic heterocycles. The first-order chi connectivity index (χ1) is 22.5. The van der Waals surface area contributed by atoms with E-state index in [2.05, 4.69) is 30.8 Å². The van der Waals surface area contributed by atoms with E-state index in [1.807, 2.05) is 24.3 Å². The number of pyridine rings is 1. The molecule has 3 amide bonds. The number of Topliss-reactive ketones (excluding diaryl/α,β-unsaturated/α-hetero) is 1. The summed E-state index contributed by atoms with van der Waals surface area (Å²) in [5, 5.41) is 13.9. The molecular weight excluding hydrogens is 592 g/mol. The highest BCUT2D eigenvalue weighted by Gasteiger charge is 2.37. The molecule has 14 heteroatoms. The number of rotatable bonds is 12. The van der Waals surface area contributed by atoms with Crippen LogP contribution in [0.2, 0.25) is 0 Å². The normalized spacial score (nSPS) is 16.9. The standard InChI is InChI=1S/C32H36N8O6/c41-29(39-13-3-7-28(39)30(42)32(44)35-21-40-27-6-2-1-5-26(27)36-37-40)20-34-31(43)23-10-11-33-25-9-8-22(19-24(23)25)46-16-4-12-38-14-17-45-18-15-38/h1-2,5-6,8-11,19,28H,3-4,7,12-18,20-21H2,(H,34,43)(H,35,44). The predicted molar refractivity (Wildman–Crippen MR) is 167 cm³/mol. The second kappa shape index (κ2) is 14.4. The molecule has 0 saturated carbocycles. The summed E-state index contributed by atoms with van der Waals surface area (Å²) in [6.45, 7) is 4.78. The third-order valence-corrected chi connectivity index (χ3v) is 8.26. The molecule has 0 bridgehead atoms. The van der Waals surface area contributed by atoms with E-state index in [1.54, 1.807) is 24.3 Å². The van der Waals surface area contributed by atoms with Gasteiger partial charge in [0.1, 0.15) is 24.0 Å². The van der Waals surface area contributed by atoms with Crippen LogP contribution in [0.1, 0.15) is 29.6 Å². The van der Waals surface area contributed by atoms with Gasteiger partial charge in [0, 0.05) is 37.8 Å². The maximum atomic E-state index is 13.2. The highest BCUT2D eigenvalue weighted by Crippen LogP contribution is 2.23. The first kappa shape index (κ1) is 31.0. The zero-order valence-corrected chi connectivity index (χ0v) is 25.4. The van der Waals surface area contributed by atoms with Crippen LogP contribution in [0.5, 0.6) is 5.75 Å². The molecule has 4 aromatic rings. The fraction of sp³-hybridized carbons (Fsp3) is 0.406. The van der Waals surface area contributed by atoms with Gasteiger partial charge < -0.3 is 25.0 Å². The quantitative estimate of drug-likeness (QED) is 0.172. The highest BCUT2D eigenvalue weighted by molar-refractivity contribution is 6.38. The van der Waals surface area contributed by atoms with E-state index in [9.17, 15) is 19.2 Å². The Morgan fingerprint density at radius 2 is 1.83 bits per heavy atom. The number of likely N-dealkylation sites (tertiary alicyclic amines) is 1. The van der Waals surface area contributed by atoms with E-state index in [0.717, 1.165) is 39.3 Å². The fourth-order valence-corrected chi connectivity index (χ4v) is 5.83. The smallest absolute Gasteiger partial charge is 0.291 e. The van der Waals surface area contributed by atoms with Crippen molar-refractivity contribution in [2.24, 2.45) is 0 Å². The highest BCUT2D eigenvalue weighted by atomic mass is 16.5. The van der Waals surface area contributed by atoms with Gasteiger partial charge in [-0.3, -0.25) is 29.1 Å². The number of fused-ring (bicyclic) bond motifs is 2. The predicted octanol–water partition coefficient (Wildman–Crippen LogP) is 1.14. The lowest BCUT2D eigenvalue weighted by atomic mass is 10.1. The maximum absolute atomic E-state index is 13.2. The van der Waals surface area contributed by atoms with Crippen molar-refractivity contribution in [1.29, 1.82) is 0 Å². The number of benzene rings is 2. The van der Waals surface area contributed by atoms with Crippen LogP contribution in [0.4, 0.5) is 0 Å². The molecule has 1 unspecified atom stereocenters. The van der Waals surface area contributed by atoms with Gasteiger partial charge in [0.15, 0.2) is 0 Å². The number of carbonyl (C=O) groups excluding carboxylic acids is 4. The molecule has 2 saturated heterocycles. The minimum atomic E-state index is -0.901. The number of hydrogen-bond acceptors (Lipinski definition) is 10. The molecule has 14 nitrogen and oxygen atoms in total. The van der Waals surface area contributed by atoms with Gasteiger partial charge in [-0.25, -0.2) is 4.68 Å². The largest absolute Gasteiger partial charge is 0.494 e. The minimum absolute atomic E-state index is 0.0388. The summed E-state index contributed by atoms with van der Waals surface area (Å²) in [7, 11) is 0. The van der Waals surface area contributed by atoms with Crippen molar-refractivity contribution in [1.82, 2.24) is 40.4 Å². The molecule has 46 heavy (non-hydrogen) atoms. The van der Waals surface area contributed by atoms with E-state index >= 15 is 0 Å². The molecule has 2 aliphatic heterocycles. The van der Waals surface area contributed by atoms with Gasteiger partial charge in [-0.1, -0.05) is 17.3 Å². The van der Waals surface area contributed by atoms with E-state index in [1.165, 1.54) is 15.8 Å². The lowest BCUT2D eigenvalue weighted by Gasteiger charge is -2.26. The van der Waals surface area contributed by atoms with Crippen molar-refractivity contribution in [3.05, 3.63) is 60.3 Å². The molecule has 6 rings (SSSR count). The number of hydrogen-bond donors (Lipinski definition) is 2. The lowest BCUT2D eigenvalue weighted by Crippen LogP contribution is -2.49. The van der Waals surface area contributed by atoms with Gasteiger partial charge >= 0.3 is 0 Å². The van der Waals surface area contributed by atoms with Gasteiger partial charge in [0.05, 0.1) is 43.0 Å². The second-order valence-corrected chi connectivity index (χ2v) is 11.2. The van der Waals surface area contributed by atoms with Gasteiger partial charge in [-0.15, -0.1) is 5.10 Å². The first-order valence-electron chi connectivity index (χ1n) is 15.5. The Labute approximate surface area is 265 Å². The van der Waals surface area contributed by atoms with Crippen molar-refractivity contribution < 1.29 is 28.7 Å². The lowest BCUT2D eigenvalue weighted by molar-refractivity contribution is -0.144. The monoisotopic (exact) mass is 628 g/mol. The second-order valence-electron chi connectivity index (χ2n) is 11.2. The number of aromatic nitrogens is 4. The third-order valence-electron chi connectivity index (χ3n) is 8.26. The molecule has 240 valence electrons. The molecule has 4 heterocycles. The summed E-state index contributed by atoms with van der Waals surface area (Å²) in [5.41, 5.74) is 2.36. The van der Waals surface area contributed by atoms with Gasteiger partial charge in [0.2, 0.25) is 11.7 Å². The van der Waals surface area contributed by atoms with Crippen LogP contribution in [0, 0.1) is 0 Å². The number of morpholine rings is 1. The Morgan fingerprint density at radius 3 is 2.70 bits per heavy atom. The molecule has 2 aliphatic rings. The number of ether oxygens (including phenoxy) is 2. The van der Waals surface area contributed by atoms with Crippen LogP contribution in [-0.4, -0.2) is 112 Å². The van der Waals surface area contributed by atoms with Crippen molar-refractivity contribution in [3.63, 3.8) is 0 Å². The van der Waals surface area contributed by atoms with E-state index in [4.69, 9.17) is 9.47 Å². The first-order valence-corrected chi connectivity index (χ1v) is 15.5. The molecule has 0 spiro atoms. The van der Waals surface area contributed by atoms with Crippen molar-refractivity contribution in [2.45, 2.75) is 32.0 Å². The Bertz CT molecular complexity index is 1740. The molecule has 2 aromatic carbocycles. The summed E-state index contributed by atoms with van der Waals surface area (Å²) < 4.78 is 12.8. The van der Waals surface area contributed by atoms with Crippen LogP contribution >= 0.6 is 0 Å². The zero-order chi connectivity index (χ0) is 31.9. The number of para-hydroxylation sites is 1. The van der Waals surface area contributed by atoms with Gasteiger partial charge in [-0.2, -0.15) is 0 Å².